The fraction of sp³-hybridized carbons (Fsp3) is 0.0588. The summed E-state index contributed by atoms with van der Waals surface area (Å²) in [4.78, 5) is 0.619. The minimum atomic E-state index is -0.447. The molecule has 0 spiro atoms. The highest BCUT2D eigenvalue weighted by Gasteiger charge is 2.16. The first kappa shape index (κ1) is 16.0. The first-order chi connectivity index (χ1) is 12.1. The number of nitrogens with zero attached hydrogens (tertiary/aromatic N) is 3. The van der Waals surface area contributed by atoms with Crippen molar-refractivity contribution in [1.82, 2.24) is 14.6 Å². The van der Waals surface area contributed by atoms with Crippen molar-refractivity contribution in [2.45, 2.75) is 6.61 Å². The third kappa shape index (κ3) is 2.96. The van der Waals surface area contributed by atoms with Crippen molar-refractivity contribution in [1.29, 1.82) is 0 Å². The van der Waals surface area contributed by atoms with E-state index in [-0.39, 0.29) is 29.0 Å². The summed E-state index contributed by atoms with van der Waals surface area (Å²) in [7, 11) is 0. The Morgan fingerprint density at radius 2 is 1.88 bits per heavy atom. The van der Waals surface area contributed by atoms with Gasteiger partial charge in [-0.2, -0.15) is 0 Å². The highest BCUT2D eigenvalue weighted by Crippen LogP contribution is 2.30. The van der Waals surface area contributed by atoms with Crippen molar-refractivity contribution < 1.29 is 13.5 Å². The maximum atomic E-state index is 13.9. The molecule has 126 valence electrons. The van der Waals surface area contributed by atoms with Gasteiger partial charge in [-0.15, -0.1) is 16.4 Å². The molecule has 4 rings (SSSR count). The maximum absolute atomic E-state index is 13.9. The average Bonchev–Trinajstić information content (AvgIpc) is 3.18. The highest BCUT2D eigenvalue weighted by molar-refractivity contribution is 7.15. The number of rotatable bonds is 4. The minimum Gasteiger partial charge on any atom is -0.458 e. The van der Waals surface area contributed by atoms with Crippen LogP contribution in [0.25, 0.3) is 16.2 Å². The molecule has 0 aliphatic heterocycles. The zero-order chi connectivity index (χ0) is 17.4. The third-order valence-electron chi connectivity index (χ3n) is 3.67. The second-order valence-corrected chi connectivity index (χ2v) is 6.46. The van der Waals surface area contributed by atoms with E-state index in [1.807, 2.05) is 5.38 Å². The minimum absolute atomic E-state index is 0.0784. The van der Waals surface area contributed by atoms with Crippen LogP contribution < -0.4 is 4.74 Å². The molecule has 0 aliphatic rings. The lowest BCUT2D eigenvalue weighted by Gasteiger charge is -2.08. The molecule has 2 aromatic carbocycles. The predicted molar refractivity (Wildman–Crippen MR) is 92.0 cm³/mol. The quantitative estimate of drug-likeness (QED) is 0.504. The van der Waals surface area contributed by atoms with Crippen LogP contribution in [0.15, 0.2) is 47.8 Å². The van der Waals surface area contributed by atoms with Crippen LogP contribution in [0, 0.1) is 11.6 Å². The zero-order valence-electron chi connectivity index (χ0n) is 12.6. The molecule has 2 heterocycles. The van der Waals surface area contributed by atoms with Crippen LogP contribution in [0.3, 0.4) is 0 Å². The summed E-state index contributed by atoms with van der Waals surface area (Å²) in [6.45, 7) is -0.0784. The van der Waals surface area contributed by atoms with Crippen LogP contribution in [0.4, 0.5) is 8.78 Å². The smallest absolute Gasteiger partial charge is 0.323 e. The topological polar surface area (TPSA) is 39.4 Å². The number of aromatic nitrogens is 3. The Morgan fingerprint density at radius 3 is 2.64 bits per heavy atom. The molecule has 0 aliphatic carbocycles. The van der Waals surface area contributed by atoms with Gasteiger partial charge in [0.05, 0.1) is 10.7 Å². The van der Waals surface area contributed by atoms with Gasteiger partial charge in [-0.05, 0) is 42.0 Å². The second kappa shape index (κ2) is 6.42. The van der Waals surface area contributed by atoms with E-state index in [1.54, 1.807) is 22.6 Å². The Hall–Kier alpha value is -2.51. The maximum Gasteiger partial charge on any atom is 0.323 e. The van der Waals surface area contributed by atoms with Crippen LogP contribution in [-0.4, -0.2) is 14.6 Å². The monoisotopic (exact) mass is 377 g/mol. The van der Waals surface area contributed by atoms with E-state index < -0.39 is 5.82 Å². The van der Waals surface area contributed by atoms with E-state index in [0.29, 0.717) is 4.96 Å². The van der Waals surface area contributed by atoms with E-state index in [9.17, 15) is 8.78 Å². The summed E-state index contributed by atoms with van der Waals surface area (Å²) in [5.74, 6) is -0.762. The van der Waals surface area contributed by atoms with Crippen molar-refractivity contribution in [2.24, 2.45) is 0 Å². The van der Waals surface area contributed by atoms with Gasteiger partial charge in [0, 0.05) is 10.9 Å². The lowest BCUT2D eigenvalue weighted by molar-refractivity contribution is 0.273. The van der Waals surface area contributed by atoms with Gasteiger partial charge in [-0.25, -0.2) is 13.2 Å². The number of fused-ring (bicyclic) bond motifs is 1. The first-order valence-corrected chi connectivity index (χ1v) is 8.53. The third-order valence-corrected chi connectivity index (χ3v) is 4.84. The largest absolute Gasteiger partial charge is 0.458 e. The first-order valence-electron chi connectivity index (χ1n) is 7.28. The standard InChI is InChI=1S/C17H10ClF2N3OS/c18-13-2-1-3-14(20)12(13)8-24-16-21-22-17-23(16)15(9-25-17)10-4-6-11(19)7-5-10/h1-7,9H,8H2. The highest BCUT2D eigenvalue weighted by atomic mass is 35.5. The molecule has 0 N–H and O–H groups in total. The van der Waals surface area contributed by atoms with Crippen LogP contribution in [0.1, 0.15) is 5.56 Å². The van der Waals surface area contributed by atoms with Crippen LogP contribution in [0.2, 0.25) is 5.02 Å². The van der Waals surface area contributed by atoms with Gasteiger partial charge in [0.15, 0.2) is 0 Å². The normalized spacial score (nSPS) is 11.2. The fourth-order valence-corrected chi connectivity index (χ4v) is 3.46. The van der Waals surface area contributed by atoms with Crippen LogP contribution in [-0.2, 0) is 6.61 Å². The van der Waals surface area contributed by atoms with E-state index in [1.165, 1.54) is 35.6 Å². The number of hydrogen-bond acceptors (Lipinski definition) is 4. The predicted octanol–water partition coefficient (Wildman–Crippen LogP) is 4.97. The van der Waals surface area contributed by atoms with Gasteiger partial charge < -0.3 is 4.74 Å². The van der Waals surface area contributed by atoms with Gasteiger partial charge in [0.2, 0.25) is 4.96 Å². The summed E-state index contributed by atoms with van der Waals surface area (Å²) in [5.41, 5.74) is 1.81. The number of halogens is 3. The molecule has 0 bridgehead atoms. The van der Waals surface area contributed by atoms with Gasteiger partial charge in [-0.3, -0.25) is 0 Å². The summed E-state index contributed by atoms with van der Waals surface area (Å²) < 4.78 is 34.4. The molecule has 2 aromatic heterocycles. The van der Waals surface area contributed by atoms with Gasteiger partial charge >= 0.3 is 6.01 Å². The van der Waals surface area contributed by atoms with Crippen molar-refractivity contribution in [2.75, 3.05) is 0 Å². The van der Waals surface area contributed by atoms with Crippen LogP contribution >= 0.6 is 22.9 Å². The van der Waals surface area contributed by atoms with Crippen molar-refractivity contribution in [3.8, 4) is 17.3 Å². The molecule has 0 radical (unpaired) electrons. The van der Waals surface area contributed by atoms with Crippen LogP contribution in [0.5, 0.6) is 6.01 Å². The molecule has 8 heteroatoms. The van der Waals surface area contributed by atoms with E-state index in [0.717, 1.165) is 11.3 Å². The Balaban J connectivity index is 1.69. The molecular weight excluding hydrogens is 368 g/mol. The molecule has 0 saturated carbocycles. The molecule has 0 unspecified atom stereocenters. The molecule has 0 atom stereocenters. The molecule has 4 aromatic rings. The summed E-state index contributed by atoms with van der Waals surface area (Å²) in [6.07, 6.45) is 0. The number of thiazole rings is 1. The molecule has 0 saturated heterocycles. The van der Waals surface area contributed by atoms with E-state index in [4.69, 9.17) is 16.3 Å². The number of ether oxygens (including phenoxy) is 1. The summed E-state index contributed by atoms with van der Waals surface area (Å²) in [6, 6.07) is 10.7. The molecule has 4 nitrogen and oxygen atoms in total. The van der Waals surface area contributed by atoms with Gasteiger partial charge in [0.1, 0.15) is 18.2 Å². The van der Waals surface area contributed by atoms with Crippen molar-refractivity contribution in [3.05, 3.63) is 70.1 Å². The lowest BCUT2D eigenvalue weighted by Crippen LogP contribution is -2.02. The molecule has 0 amide bonds. The lowest BCUT2D eigenvalue weighted by atomic mass is 10.2. The zero-order valence-corrected chi connectivity index (χ0v) is 14.2. The SMILES string of the molecule is Fc1ccc(-c2csc3nnc(OCc4c(F)cccc4Cl)n23)cc1. The Labute approximate surface area is 150 Å². The van der Waals surface area contributed by atoms with E-state index >= 15 is 0 Å². The number of hydrogen-bond donors (Lipinski definition) is 0. The van der Waals surface area contributed by atoms with Gasteiger partial charge in [-0.1, -0.05) is 22.8 Å². The Kier molecular flexibility index (Phi) is 4.10. The number of benzene rings is 2. The van der Waals surface area contributed by atoms with E-state index in [2.05, 4.69) is 10.2 Å². The summed E-state index contributed by atoms with van der Waals surface area (Å²) in [5, 5.41) is 10.2. The van der Waals surface area contributed by atoms with Gasteiger partial charge in [0.25, 0.3) is 0 Å². The Bertz CT molecular complexity index is 1030. The second-order valence-electron chi connectivity index (χ2n) is 5.22. The summed E-state index contributed by atoms with van der Waals surface area (Å²) >= 11 is 7.39. The molecule has 25 heavy (non-hydrogen) atoms. The average molecular weight is 378 g/mol. The molecular formula is C17H10ClF2N3OS. The fourth-order valence-electron chi connectivity index (χ4n) is 2.42. The molecule has 0 fully saturated rings. The van der Waals surface area contributed by atoms with Crippen molar-refractivity contribution in [3.63, 3.8) is 0 Å². The Morgan fingerprint density at radius 1 is 1.08 bits per heavy atom. The van der Waals surface area contributed by atoms with Crippen molar-refractivity contribution >= 4 is 27.9 Å².